The quantitative estimate of drug-likeness (QED) is 0.764. The second-order valence-electron chi connectivity index (χ2n) is 4.35. The van der Waals surface area contributed by atoms with Crippen LogP contribution in [0.1, 0.15) is 12.0 Å². The minimum atomic E-state index is -1.06. The Morgan fingerprint density at radius 1 is 1.29 bits per heavy atom. The number of benzene rings is 1. The van der Waals surface area contributed by atoms with Crippen molar-refractivity contribution in [2.45, 2.75) is 18.9 Å². The zero-order valence-corrected chi connectivity index (χ0v) is 12.0. The maximum atomic E-state index is 11.7. The third-order valence-electron chi connectivity index (χ3n) is 2.82. The number of rotatable bonds is 6. The summed E-state index contributed by atoms with van der Waals surface area (Å²) in [7, 11) is 0. The highest BCUT2D eigenvalue weighted by atomic mass is 32.1. The molecule has 1 aromatic heterocycles. The lowest BCUT2D eigenvalue weighted by atomic mass is 10.1. The highest BCUT2D eigenvalue weighted by molar-refractivity contribution is 7.13. The molecule has 0 unspecified atom stereocenters. The van der Waals surface area contributed by atoms with Crippen molar-refractivity contribution in [1.82, 2.24) is 10.3 Å². The zero-order valence-electron chi connectivity index (χ0n) is 11.2. The van der Waals surface area contributed by atoms with E-state index in [0.29, 0.717) is 18.0 Å². The number of anilines is 1. The van der Waals surface area contributed by atoms with Crippen molar-refractivity contribution in [1.29, 1.82) is 0 Å². The molecular formula is C14H15N3O3S. The molecule has 0 fully saturated rings. The summed E-state index contributed by atoms with van der Waals surface area (Å²) in [5, 5.41) is 16.3. The van der Waals surface area contributed by atoms with Gasteiger partial charge in [-0.3, -0.25) is 5.32 Å². The van der Waals surface area contributed by atoms with Crippen molar-refractivity contribution in [3.63, 3.8) is 0 Å². The van der Waals surface area contributed by atoms with Gasteiger partial charge in [0.25, 0.3) is 0 Å². The van der Waals surface area contributed by atoms with E-state index in [1.54, 1.807) is 11.6 Å². The average molecular weight is 305 g/mol. The van der Waals surface area contributed by atoms with Gasteiger partial charge in [0.2, 0.25) is 0 Å². The molecule has 1 atom stereocenters. The average Bonchev–Trinajstić information content (AvgIpc) is 2.97. The van der Waals surface area contributed by atoms with Crippen molar-refractivity contribution >= 4 is 28.5 Å². The van der Waals surface area contributed by atoms with Crippen LogP contribution in [0.25, 0.3) is 0 Å². The van der Waals surface area contributed by atoms with Gasteiger partial charge in [-0.15, -0.1) is 11.3 Å². The van der Waals surface area contributed by atoms with E-state index in [1.165, 1.54) is 11.3 Å². The Kier molecular flexibility index (Phi) is 5.28. The highest BCUT2D eigenvalue weighted by Gasteiger charge is 2.20. The number of aromatic nitrogens is 1. The van der Waals surface area contributed by atoms with E-state index in [0.717, 1.165) is 5.56 Å². The summed E-state index contributed by atoms with van der Waals surface area (Å²) in [6.45, 7) is 0. The molecule has 3 N–H and O–H groups in total. The summed E-state index contributed by atoms with van der Waals surface area (Å²) in [4.78, 5) is 26.8. The Morgan fingerprint density at radius 3 is 2.67 bits per heavy atom. The lowest BCUT2D eigenvalue weighted by Gasteiger charge is -2.14. The number of carboxylic acids is 1. The van der Waals surface area contributed by atoms with Crippen LogP contribution < -0.4 is 10.6 Å². The Labute approximate surface area is 125 Å². The van der Waals surface area contributed by atoms with Crippen LogP contribution >= 0.6 is 11.3 Å². The SMILES string of the molecule is O=C(Nc1nccs1)N[C@@H](CCc1ccccc1)C(=O)O. The molecule has 110 valence electrons. The van der Waals surface area contributed by atoms with Gasteiger partial charge in [-0.2, -0.15) is 0 Å². The molecule has 0 aliphatic heterocycles. The summed E-state index contributed by atoms with van der Waals surface area (Å²) < 4.78 is 0. The number of aryl methyl sites for hydroxylation is 1. The van der Waals surface area contributed by atoms with Crippen LogP contribution in [0, 0.1) is 0 Å². The van der Waals surface area contributed by atoms with Gasteiger partial charge in [0.1, 0.15) is 6.04 Å². The molecule has 0 spiro atoms. The Balaban J connectivity index is 1.87. The first kappa shape index (κ1) is 15.0. The van der Waals surface area contributed by atoms with Crippen LogP contribution in [0.4, 0.5) is 9.93 Å². The molecule has 7 heteroatoms. The summed E-state index contributed by atoms with van der Waals surface area (Å²) in [5.41, 5.74) is 1.03. The van der Waals surface area contributed by atoms with Gasteiger partial charge in [-0.05, 0) is 18.4 Å². The summed E-state index contributed by atoms with van der Waals surface area (Å²) in [5.74, 6) is -1.06. The molecule has 2 rings (SSSR count). The normalized spacial score (nSPS) is 11.6. The van der Waals surface area contributed by atoms with Gasteiger partial charge in [0.05, 0.1) is 0 Å². The van der Waals surface area contributed by atoms with Crippen molar-refractivity contribution in [2.75, 3.05) is 5.32 Å². The number of hydrogen-bond donors (Lipinski definition) is 3. The molecule has 6 nitrogen and oxygen atoms in total. The Bertz CT molecular complexity index is 587. The zero-order chi connectivity index (χ0) is 15.1. The molecule has 0 aliphatic rings. The van der Waals surface area contributed by atoms with E-state index >= 15 is 0 Å². The minimum absolute atomic E-state index is 0.324. The van der Waals surface area contributed by atoms with Crippen LogP contribution in [0.2, 0.25) is 0 Å². The Morgan fingerprint density at radius 2 is 2.05 bits per heavy atom. The lowest BCUT2D eigenvalue weighted by molar-refractivity contribution is -0.139. The van der Waals surface area contributed by atoms with E-state index in [2.05, 4.69) is 15.6 Å². The van der Waals surface area contributed by atoms with Gasteiger partial charge in [-0.25, -0.2) is 14.6 Å². The van der Waals surface area contributed by atoms with Crippen LogP contribution in [0.5, 0.6) is 0 Å². The number of aliphatic carboxylic acids is 1. The Hall–Kier alpha value is -2.41. The first-order valence-electron chi connectivity index (χ1n) is 6.39. The van der Waals surface area contributed by atoms with Gasteiger partial charge >= 0.3 is 12.0 Å². The smallest absolute Gasteiger partial charge is 0.326 e. The van der Waals surface area contributed by atoms with Crippen LogP contribution in [0.3, 0.4) is 0 Å². The fourth-order valence-corrected chi connectivity index (χ4v) is 2.31. The number of carbonyl (C=O) groups excluding carboxylic acids is 1. The van der Waals surface area contributed by atoms with Gasteiger partial charge in [0, 0.05) is 11.6 Å². The molecule has 2 aromatic rings. The summed E-state index contributed by atoms with van der Waals surface area (Å²) in [6.07, 6.45) is 2.46. The van der Waals surface area contributed by atoms with Gasteiger partial charge in [0.15, 0.2) is 5.13 Å². The van der Waals surface area contributed by atoms with Crippen molar-refractivity contribution in [2.24, 2.45) is 0 Å². The third kappa shape index (κ3) is 4.88. The molecule has 0 bridgehead atoms. The number of nitrogens with one attached hydrogen (secondary N) is 2. The van der Waals surface area contributed by atoms with Gasteiger partial charge in [-0.1, -0.05) is 30.3 Å². The number of nitrogens with zero attached hydrogens (tertiary/aromatic N) is 1. The highest BCUT2D eigenvalue weighted by Crippen LogP contribution is 2.10. The minimum Gasteiger partial charge on any atom is -0.480 e. The summed E-state index contributed by atoms with van der Waals surface area (Å²) in [6, 6.07) is 8.04. The van der Waals surface area contributed by atoms with Crippen LogP contribution in [-0.2, 0) is 11.2 Å². The maximum Gasteiger partial charge on any atom is 0.326 e. The van der Waals surface area contributed by atoms with Crippen molar-refractivity contribution < 1.29 is 14.7 Å². The predicted octanol–water partition coefficient (Wildman–Crippen LogP) is 2.35. The fraction of sp³-hybridized carbons (Fsp3) is 0.214. The number of thiazole rings is 1. The number of amides is 2. The van der Waals surface area contributed by atoms with E-state index < -0.39 is 18.0 Å². The van der Waals surface area contributed by atoms with Crippen LogP contribution in [0.15, 0.2) is 41.9 Å². The first-order chi connectivity index (χ1) is 10.1. The fourth-order valence-electron chi connectivity index (χ4n) is 1.79. The van der Waals surface area contributed by atoms with E-state index in [1.807, 2.05) is 30.3 Å². The van der Waals surface area contributed by atoms with Gasteiger partial charge < -0.3 is 10.4 Å². The molecule has 2 amide bonds. The molecule has 0 saturated carbocycles. The van der Waals surface area contributed by atoms with Crippen LogP contribution in [-0.4, -0.2) is 28.1 Å². The van der Waals surface area contributed by atoms with E-state index in [4.69, 9.17) is 0 Å². The molecule has 0 aliphatic carbocycles. The van der Waals surface area contributed by atoms with Crippen molar-refractivity contribution in [3.05, 3.63) is 47.5 Å². The number of carboxylic acid groups (broad SMARTS) is 1. The molecule has 1 aromatic carbocycles. The number of hydrogen-bond acceptors (Lipinski definition) is 4. The molecule has 0 radical (unpaired) electrons. The third-order valence-corrected chi connectivity index (χ3v) is 3.51. The first-order valence-corrected chi connectivity index (χ1v) is 7.27. The van der Waals surface area contributed by atoms with E-state index in [-0.39, 0.29) is 0 Å². The molecule has 0 saturated heterocycles. The van der Waals surface area contributed by atoms with E-state index in [9.17, 15) is 14.7 Å². The lowest BCUT2D eigenvalue weighted by Crippen LogP contribution is -2.43. The maximum absolute atomic E-state index is 11.7. The summed E-state index contributed by atoms with van der Waals surface area (Å²) >= 11 is 1.27. The number of carbonyl (C=O) groups is 2. The standard InChI is InChI=1S/C14H15N3O3S/c18-12(19)11(7-6-10-4-2-1-3-5-10)16-13(20)17-14-15-8-9-21-14/h1-5,8-9,11H,6-7H2,(H,18,19)(H2,15,16,17,20)/t11-/m0/s1. The molecular weight excluding hydrogens is 290 g/mol. The second kappa shape index (κ2) is 7.39. The van der Waals surface area contributed by atoms with Crippen molar-refractivity contribution in [3.8, 4) is 0 Å². The monoisotopic (exact) mass is 305 g/mol. The topological polar surface area (TPSA) is 91.3 Å². The largest absolute Gasteiger partial charge is 0.480 e. The molecule has 1 heterocycles. The number of urea groups is 1. The second-order valence-corrected chi connectivity index (χ2v) is 5.25. The predicted molar refractivity (Wildman–Crippen MR) is 80.5 cm³/mol. The molecule has 21 heavy (non-hydrogen) atoms.